The molecule has 0 aliphatic carbocycles. The van der Waals surface area contributed by atoms with E-state index in [1.54, 1.807) is 0 Å². The minimum Gasteiger partial charge on any atom is -0.790 e. The Balaban J connectivity index is 4.17. The number of aliphatic hydroxyl groups is 3. The summed E-state index contributed by atoms with van der Waals surface area (Å²) in [6.45, 7) is -0.0522. The van der Waals surface area contributed by atoms with Crippen LogP contribution in [0.4, 0.5) is 0 Å². The number of ketones is 1. The van der Waals surface area contributed by atoms with Crippen molar-refractivity contribution < 1.29 is 39.0 Å². The molecule has 0 aliphatic rings. The first-order chi connectivity index (χ1) is 6.65. The lowest BCUT2D eigenvalue weighted by molar-refractivity contribution is -0.341. The zero-order valence-corrected chi connectivity index (χ0v) is 8.66. The van der Waals surface area contributed by atoms with Gasteiger partial charge in [-0.15, -0.1) is 0 Å². The Bertz CT molecular complexity index is 258. The van der Waals surface area contributed by atoms with E-state index in [2.05, 4.69) is 4.52 Å². The number of carbonyl (C=O) groups excluding carboxylic acids is 1. The molecule has 15 heavy (non-hydrogen) atoms. The van der Waals surface area contributed by atoms with Crippen molar-refractivity contribution in [3.05, 3.63) is 0 Å². The summed E-state index contributed by atoms with van der Waals surface area (Å²) >= 11 is 0. The highest BCUT2D eigenvalue weighted by molar-refractivity contribution is 7.43. The summed E-state index contributed by atoms with van der Waals surface area (Å²) in [5.74, 6) is -1.21. The molecule has 0 amide bonds. The third kappa shape index (κ3) is 5.95. The van der Waals surface area contributed by atoms with Crippen molar-refractivity contribution in [2.75, 3.05) is 6.61 Å². The van der Waals surface area contributed by atoms with Crippen LogP contribution in [-0.4, -0.2) is 46.0 Å². The zero-order chi connectivity index (χ0) is 12.2. The number of hydrogen-bond donors (Lipinski definition) is 3. The molecule has 0 saturated carbocycles. The molecule has 0 fully saturated rings. The number of Topliss-reactive ketones (excluding diaryl/α,β-unsaturated/α-hetero) is 1. The Morgan fingerprint density at radius 2 is 1.87 bits per heavy atom. The molecule has 8 nitrogen and oxygen atoms in total. The first-order valence-electron chi connectivity index (χ1n) is 3.88. The molecule has 0 saturated heterocycles. The maximum Gasteiger partial charge on any atom is 0.189 e. The molecule has 0 unspecified atom stereocenters. The van der Waals surface area contributed by atoms with E-state index in [0.29, 0.717) is 0 Å². The van der Waals surface area contributed by atoms with Gasteiger partial charge < -0.3 is 34.2 Å². The molecule has 0 aromatic heterocycles. The van der Waals surface area contributed by atoms with Gasteiger partial charge in [0, 0.05) is 0 Å². The maximum absolute atomic E-state index is 10.9. The summed E-state index contributed by atoms with van der Waals surface area (Å²) in [6, 6.07) is 0. The van der Waals surface area contributed by atoms with E-state index < -0.39 is 38.5 Å². The zero-order valence-electron chi connectivity index (χ0n) is 7.77. The van der Waals surface area contributed by atoms with Crippen molar-refractivity contribution in [3.63, 3.8) is 0 Å². The van der Waals surface area contributed by atoms with Gasteiger partial charge in [0.15, 0.2) is 5.78 Å². The molecule has 3 atom stereocenters. The van der Waals surface area contributed by atoms with Gasteiger partial charge in [0.1, 0.15) is 18.8 Å². The Morgan fingerprint density at radius 1 is 1.40 bits per heavy atom. The molecule has 0 radical (unpaired) electrons. The Labute approximate surface area is 85.4 Å². The predicted molar refractivity (Wildman–Crippen MR) is 42.3 cm³/mol. The molecule has 0 spiro atoms. The Hall–Kier alpha value is -0.340. The van der Waals surface area contributed by atoms with Crippen LogP contribution in [-0.2, 0) is 13.9 Å². The standard InChI is InChI=1S/C6H13O8P/c1-3(7)5(9)6(10)4(8)2-14-15(11,12)13/h3,5-7,9-10H,2H2,1H3,(H2,11,12,13)/p-2/t3-,5+,6+/m0/s1. The Morgan fingerprint density at radius 3 is 2.20 bits per heavy atom. The van der Waals surface area contributed by atoms with Crippen LogP contribution in [0.5, 0.6) is 0 Å². The van der Waals surface area contributed by atoms with E-state index in [-0.39, 0.29) is 0 Å². The molecule has 0 aromatic carbocycles. The molecule has 3 N–H and O–H groups in total. The second-order valence-electron chi connectivity index (χ2n) is 2.86. The second-order valence-corrected chi connectivity index (χ2v) is 4.02. The first-order valence-corrected chi connectivity index (χ1v) is 5.34. The summed E-state index contributed by atoms with van der Waals surface area (Å²) in [4.78, 5) is 30.8. The fourth-order valence-electron chi connectivity index (χ4n) is 0.682. The highest BCUT2D eigenvalue weighted by Crippen LogP contribution is 2.24. The molecule has 0 aliphatic heterocycles. The van der Waals surface area contributed by atoms with Gasteiger partial charge in [-0.2, -0.15) is 0 Å². The highest BCUT2D eigenvalue weighted by Gasteiger charge is 2.27. The fraction of sp³-hybridized carbons (Fsp3) is 0.833. The molecular weight excluding hydrogens is 231 g/mol. The van der Waals surface area contributed by atoms with Gasteiger partial charge in [-0.05, 0) is 6.92 Å². The van der Waals surface area contributed by atoms with Crippen LogP contribution in [0.3, 0.4) is 0 Å². The smallest absolute Gasteiger partial charge is 0.189 e. The van der Waals surface area contributed by atoms with Crippen LogP contribution in [0, 0.1) is 0 Å². The predicted octanol–water partition coefficient (Wildman–Crippen LogP) is -3.50. The third-order valence-corrected chi connectivity index (χ3v) is 1.96. The van der Waals surface area contributed by atoms with Crippen molar-refractivity contribution in [3.8, 4) is 0 Å². The summed E-state index contributed by atoms with van der Waals surface area (Å²) < 4.78 is 13.6. The minimum absolute atomic E-state index is 1.12. The van der Waals surface area contributed by atoms with Crippen molar-refractivity contribution in [2.45, 2.75) is 25.2 Å². The third-order valence-electron chi connectivity index (χ3n) is 1.51. The van der Waals surface area contributed by atoms with Gasteiger partial charge in [-0.1, -0.05) is 0 Å². The number of carbonyl (C=O) groups is 1. The summed E-state index contributed by atoms with van der Waals surface area (Å²) in [6.07, 6.45) is -5.15. The molecule has 0 rings (SSSR count). The molecule has 0 aromatic rings. The number of hydrogen-bond acceptors (Lipinski definition) is 8. The molecule has 0 heterocycles. The fourth-order valence-corrected chi connectivity index (χ4v) is 0.968. The molecule has 0 bridgehead atoms. The average Bonchev–Trinajstić information content (AvgIpc) is 2.10. The van der Waals surface area contributed by atoms with Gasteiger partial charge in [0.2, 0.25) is 0 Å². The number of phosphoric ester groups is 1. The van der Waals surface area contributed by atoms with Crippen molar-refractivity contribution in [2.24, 2.45) is 0 Å². The molecular formula is C6H11O8P-2. The quantitative estimate of drug-likeness (QED) is 0.406. The van der Waals surface area contributed by atoms with E-state index >= 15 is 0 Å². The number of aliphatic hydroxyl groups excluding tert-OH is 3. The monoisotopic (exact) mass is 242 g/mol. The van der Waals surface area contributed by atoms with Crippen LogP contribution in [0.15, 0.2) is 0 Å². The van der Waals surface area contributed by atoms with Crippen molar-refractivity contribution in [1.29, 1.82) is 0 Å². The lowest BCUT2D eigenvalue weighted by Crippen LogP contribution is -2.42. The second kappa shape index (κ2) is 5.66. The van der Waals surface area contributed by atoms with Crippen LogP contribution in [0.1, 0.15) is 6.92 Å². The average molecular weight is 242 g/mol. The largest absolute Gasteiger partial charge is 0.790 e. The van der Waals surface area contributed by atoms with Crippen molar-refractivity contribution in [1.82, 2.24) is 0 Å². The van der Waals surface area contributed by atoms with Crippen LogP contribution >= 0.6 is 7.82 Å². The van der Waals surface area contributed by atoms with E-state index in [9.17, 15) is 19.1 Å². The normalized spacial score (nSPS) is 18.3. The molecule has 90 valence electrons. The van der Waals surface area contributed by atoms with Crippen LogP contribution < -0.4 is 9.79 Å². The summed E-state index contributed by atoms with van der Waals surface area (Å²) in [7, 11) is -5.29. The van der Waals surface area contributed by atoms with Gasteiger partial charge in [-0.25, -0.2) is 0 Å². The lowest BCUT2D eigenvalue weighted by atomic mass is 10.1. The topological polar surface area (TPSA) is 150 Å². The van der Waals surface area contributed by atoms with E-state index in [4.69, 9.17) is 15.3 Å². The van der Waals surface area contributed by atoms with E-state index in [1.165, 1.54) is 0 Å². The number of rotatable bonds is 6. The summed E-state index contributed by atoms with van der Waals surface area (Å²) in [5, 5.41) is 26.8. The van der Waals surface area contributed by atoms with Crippen molar-refractivity contribution >= 4 is 13.6 Å². The maximum atomic E-state index is 10.9. The lowest BCUT2D eigenvalue weighted by Gasteiger charge is -2.29. The van der Waals surface area contributed by atoms with E-state index in [1.807, 2.05) is 0 Å². The number of phosphoric acid groups is 1. The van der Waals surface area contributed by atoms with Gasteiger partial charge in [0.25, 0.3) is 0 Å². The van der Waals surface area contributed by atoms with Gasteiger partial charge in [0.05, 0.1) is 13.9 Å². The van der Waals surface area contributed by atoms with Gasteiger partial charge >= 0.3 is 0 Å². The SMILES string of the molecule is C[C@H](O)[C@@H](O)[C@H](O)C(=O)COP(=O)([O-])[O-]. The van der Waals surface area contributed by atoms with E-state index in [0.717, 1.165) is 6.92 Å². The summed E-state index contributed by atoms with van der Waals surface area (Å²) in [5.41, 5.74) is 0. The van der Waals surface area contributed by atoms with Crippen LogP contribution in [0.25, 0.3) is 0 Å². The van der Waals surface area contributed by atoms with Gasteiger partial charge in [-0.3, -0.25) is 4.79 Å². The highest BCUT2D eigenvalue weighted by atomic mass is 31.2. The Kier molecular flexibility index (Phi) is 5.54. The first kappa shape index (κ1) is 14.7. The minimum atomic E-state index is -5.29. The van der Waals surface area contributed by atoms with Crippen LogP contribution in [0.2, 0.25) is 0 Å². The molecule has 9 heteroatoms.